The summed E-state index contributed by atoms with van der Waals surface area (Å²) in [5, 5.41) is 5.08. The summed E-state index contributed by atoms with van der Waals surface area (Å²) in [6, 6.07) is 3.55. The second-order valence-electron chi connectivity index (χ2n) is 7.38. The largest absolute Gasteiger partial charge is 0.451 e. The molecule has 4 amide bonds. The van der Waals surface area contributed by atoms with Crippen LogP contribution in [0.2, 0.25) is 0 Å². The van der Waals surface area contributed by atoms with E-state index in [1.807, 2.05) is 0 Å². The predicted octanol–water partition coefficient (Wildman–Crippen LogP) is 1.72. The minimum absolute atomic E-state index is 0.0737. The highest BCUT2D eigenvalue weighted by Crippen LogP contribution is 2.42. The number of carbonyl (C=O) groups excluding carboxylic acids is 4. The summed E-state index contributed by atoms with van der Waals surface area (Å²) in [5.41, 5.74) is -0.329. The number of amides is 4. The zero-order chi connectivity index (χ0) is 20.6. The average molecular weight is 391 g/mol. The lowest BCUT2D eigenvalue weighted by Gasteiger charge is -2.21. The van der Waals surface area contributed by atoms with Crippen molar-refractivity contribution in [3.05, 3.63) is 29.6 Å². The first-order valence-corrected chi connectivity index (χ1v) is 9.02. The molecule has 1 aliphatic carbocycles. The van der Waals surface area contributed by atoms with Gasteiger partial charge in [-0.15, -0.1) is 0 Å². The first-order valence-electron chi connectivity index (χ1n) is 9.02. The summed E-state index contributed by atoms with van der Waals surface area (Å²) in [7, 11) is 0. The normalized spacial score (nSPS) is 22.6. The topological polar surface area (TPSA) is 105 Å². The Balaban J connectivity index is 1.55. The molecule has 1 saturated heterocycles. The number of aryl methyl sites for hydroxylation is 1. The number of benzene rings is 1. The van der Waals surface area contributed by atoms with E-state index >= 15 is 0 Å². The van der Waals surface area contributed by atoms with E-state index in [9.17, 15) is 23.6 Å². The first kappa shape index (κ1) is 19.8. The molecule has 1 aliphatic heterocycles. The smallest absolute Gasteiger partial charge is 0.327 e. The maximum atomic E-state index is 13.6. The molecule has 8 nitrogen and oxygen atoms in total. The molecule has 1 heterocycles. The van der Waals surface area contributed by atoms with Gasteiger partial charge in [-0.2, -0.15) is 0 Å². The quantitative estimate of drug-likeness (QED) is 0.568. The molecule has 2 fully saturated rings. The summed E-state index contributed by atoms with van der Waals surface area (Å²) in [4.78, 5) is 49.6. The van der Waals surface area contributed by atoms with Crippen LogP contribution < -0.4 is 10.6 Å². The molecule has 3 rings (SSSR count). The molecule has 28 heavy (non-hydrogen) atoms. The van der Waals surface area contributed by atoms with Gasteiger partial charge in [0.2, 0.25) is 0 Å². The van der Waals surface area contributed by atoms with Crippen LogP contribution in [-0.2, 0) is 19.1 Å². The van der Waals surface area contributed by atoms with Crippen molar-refractivity contribution in [1.82, 2.24) is 10.2 Å². The summed E-state index contributed by atoms with van der Waals surface area (Å²) < 4.78 is 18.6. The van der Waals surface area contributed by atoms with E-state index < -0.39 is 47.8 Å². The highest BCUT2D eigenvalue weighted by atomic mass is 19.1. The van der Waals surface area contributed by atoms with Gasteiger partial charge in [-0.1, -0.05) is 6.07 Å². The number of hydrogen-bond donors (Lipinski definition) is 2. The monoisotopic (exact) mass is 391 g/mol. The number of hydrogen-bond acceptors (Lipinski definition) is 5. The zero-order valence-electron chi connectivity index (χ0n) is 15.9. The lowest BCUT2D eigenvalue weighted by molar-refractivity contribution is -0.155. The van der Waals surface area contributed by atoms with Gasteiger partial charge in [-0.3, -0.25) is 19.3 Å². The molecule has 2 N–H and O–H groups in total. The summed E-state index contributed by atoms with van der Waals surface area (Å²) in [5.74, 6) is -2.41. The van der Waals surface area contributed by atoms with E-state index in [1.165, 1.54) is 19.1 Å². The van der Waals surface area contributed by atoms with Crippen LogP contribution in [-0.4, -0.2) is 46.9 Å². The van der Waals surface area contributed by atoms with Crippen molar-refractivity contribution >= 4 is 29.5 Å². The van der Waals surface area contributed by atoms with Crippen LogP contribution in [0.15, 0.2) is 18.2 Å². The molecule has 1 saturated carbocycles. The molecule has 1 aromatic rings. The number of imide groups is 1. The van der Waals surface area contributed by atoms with E-state index in [4.69, 9.17) is 4.74 Å². The van der Waals surface area contributed by atoms with Crippen LogP contribution in [0.3, 0.4) is 0 Å². The molecular weight excluding hydrogens is 369 g/mol. The van der Waals surface area contributed by atoms with Crippen LogP contribution in [0.4, 0.5) is 14.9 Å². The lowest BCUT2D eigenvalue weighted by atomic mass is 9.96. The van der Waals surface area contributed by atoms with Gasteiger partial charge in [0.15, 0.2) is 6.10 Å². The number of esters is 1. The predicted molar refractivity (Wildman–Crippen MR) is 96.7 cm³/mol. The minimum Gasteiger partial charge on any atom is -0.451 e. The van der Waals surface area contributed by atoms with Crippen molar-refractivity contribution in [3.8, 4) is 0 Å². The molecular formula is C19H22FN3O5. The van der Waals surface area contributed by atoms with Crippen molar-refractivity contribution in [3.63, 3.8) is 0 Å². The van der Waals surface area contributed by atoms with E-state index in [0.29, 0.717) is 5.56 Å². The van der Waals surface area contributed by atoms with E-state index in [0.717, 1.165) is 23.8 Å². The molecule has 0 bridgehead atoms. The van der Waals surface area contributed by atoms with Gasteiger partial charge in [0, 0.05) is 5.69 Å². The summed E-state index contributed by atoms with van der Waals surface area (Å²) >= 11 is 0. The molecule has 0 radical (unpaired) electrons. The van der Waals surface area contributed by atoms with Crippen molar-refractivity contribution < 1.29 is 28.3 Å². The fourth-order valence-electron chi connectivity index (χ4n) is 3.13. The Morgan fingerprint density at radius 2 is 2.07 bits per heavy atom. The second kappa shape index (κ2) is 7.21. The Morgan fingerprint density at radius 1 is 1.39 bits per heavy atom. The SMILES string of the molecule is Cc1ccc(NC(=O)[C@H](C)OC(=O)CN2C(=O)N[C@@](C)(C3CC3)C2=O)cc1F. The molecule has 150 valence electrons. The van der Waals surface area contributed by atoms with Crippen molar-refractivity contribution in [1.29, 1.82) is 0 Å². The van der Waals surface area contributed by atoms with Gasteiger partial charge < -0.3 is 15.4 Å². The third kappa shape index (κ3) is 3.83. The number of nitrogens with zero attached hydrogens (tertiary/aromatic N) is 1. The maximum Gasteiger partial charge on any atom is 0.327 e. The fraction of sp³-hybridized carbons (Fsp3) is 0.474. The van der Waals surface area contributed by atoms with E-state index in [2.05, 4.69) is 10.6 Å². The van der Waals surface area contributed by atoms with Crippen molar-refractivity contribution in [2.24, 2.45) is 5.92 Å². The van der Waals surface area contributed by atoms with Crippen molar-refractivity contribution in [2.45, 2.75) is 45.3 Å². The third-order valence-corrected chi connectivity index (χ3v) is 5.10. The number of urea groups is 1. The summed E-state index contributed by atoms with van der Waals surface area (Å²) in [6.45, 7) is 4.00. The molecule has 9 heteroatoms. The zero-order valence-corrected chi connectivity index (χ0v) is 15.9. The Morgan fingerprint density at radius 3 is 2.68 bits per heavy atom. The van der Waals surface area contributed by atoms with E-state index in [-0.39, 0.29) is 11.6 Å². The van der Waals surface area contributed by atoms with Crippen LogP contribution in [0, 0.1) is 18.7 Å². The fourth-order valence-corrected chi connectivity index (χ4v) is 3.13. The molecule has 2 aliphatic rings. The highest BCUT2D eigenvalue weighted by molar-refractivity contribution is 6.09. The third-order valence-electron chi connectivity index (χ3n) is 5.10. The lowest BCUT2D eigenvalue weighted by Crippen LogP contribution is -2.46. The highest BCUT2D eigenvalue weighted by Gasteiger charge is 2.56. The number of carbonyl (C=O) groups is 4. The maximum absolute atomic E-state index is 13.6. The van der Waals surface area contributed by atoms with Crippen LogP contribution >= 0.6 is 0 Å². The van der Waals surface area contributed by atoms with Gasteiger partial charge in [0.05, 0.1) is 0 Å². The molecule has 0 aromatic heterocycles. The standard InChI is InChI=1S/C19H22FN3O5/c1-10-4-7-13(8-14(10)20)21-16(25)11(2)28-15(24)9-23-17(26)19(3,12-5-6-12)22-18(23)27/h4,7-8,11-12H,5-6,9H2,1-3H3,(H,21,25)(H,22,27)/t11-,19-/m0/s1. The molecule has 2 atom stereocenters. The molecule has 0 unspecified atom stereocenters. The number of anilines is 1. The van der Waals surface area contributed by atoms with Crippen LogP contribution in [0.1, 0.15) is 32.3 Å². The molecule has 0 spiro atoms. The number of rotatable bonds is 6. The molecule has 1 aromatic carbocycles. The van der Waals surface area contributed by atoms with Crippen LogP contribution in [0.25, 0.3) is 0 Å². The van der Waals surface area contributed by atoms with Gasteiger partial charge in [-0.25, -0.2) is 9.18 Å². The van der Waals surface area contributed by atoms with Crippen molar-refractivity contribution in [2.75, 3.05) is 11.9 Å². The van der Waals surface area contributed by atoms with Gasteiger partial charge >= 0.3 is 12.0 Å². The van der Waals surface area contributed by atoms with Crippen LogP contribution in [0.5, 0.6) is 0 Å². The minimum atomic E-state index is -1.19. The summed E-state index contributed by atoms with van der Waals surface area (Å²) in [6.07, 6.45) is 0.502. The van der Waals surface area contributed by atoms with Gasteiger partial charge in [-0.05, 0) is 57.2 Å². The Labute approximate surface area is 161 Å². The Kier molecular flexibility index (Phi) is 5.10. The second-order valence-corrected chi connectivity index (χ2v) is 7.38. The number of halogens is 1. The first-order chi connectivity index (χ1) is 13.1. The number of nitrogens with one attached hydrogen (secondary N) is 2. The Hall–Kier alpha value is -2.97. The van der Waals surface area contributed by atoms with E-state index in [1.54, 1.807) is 13.8 Å². The average Bonchev–Trinajstić information content (AvgIpc) is 3.44. The van der Waals surface area contributed by atoms with Gasteiger partial charge in [0.1, 0.15) is 17.9 Å². The number of ether oxygens (including phenoxy) is 1. The Bertz CT molecular complexity index is 854. The van der Waals surface area contributed by atoms with Gasteiger partial charge in [0.25, 0.3) is 11.8 Å².